The van der Waals surface area contributed by atoms with E-state index >= 15 is 0 Å². The summed E-state index contributed by atoms with van der Waals surface area (Å²) in [6.07, 6.45) is 8.28. The van der Waals surface area contributed by atoms with Crippen molar-refractivity contribution in [2.24, 2.45) is 22.7 Å². The molecule has 4 fully saturated rings. The molecule has 4 aliphatic carbocycles. The highest BCUT2D eigenvalue weighted by Gasteiger charge is 2.56. The minimum absolute atomic E-state index is 0.342. The van der Waals surface area contributed by atoms with E-state index in [9.17, 15) is 0 Å². The van der Waals surface area contributed by atoms with Crippen LogP contribution in [0.2, 0.25) is 38.8 Å². The Balaban J connectivity index is 1.86. The van der Waals surface area contributed by atoms with Crippen LogP contribution in [0.25, 0.3) is 0 Å². The maximum Gasteiger partial charge on any atom is 0.129 e. The second-order valence-corrected chi connectivity index (χ2v) is 17.9. The van der Waals surface area contributed by atoms with Gasteiger partial charge in [0.2, 0.25) is 0 Å². The third-order valence-electron chi connectivity index (χ3n) is 5.63. The quantitative estimate of drug-likeness (QED) is 0.472. The van der Waals surface area contributed by atoms with E-state index in [2.05, 4.69) is 56.0 Å². The molecule has 4 rings (SSSR count). The van der Waals surface area contributed by atoms with E-state index in [1.165, 1.54) is 44.6 Å². The molecule has 0 nitrogen and oxygen atoms in total. The normalized spacial score (nSPS) is 39.2. The first-order valence-corrected chi connectivity index (χ1v) is 15.9. The van der Waals surface area contributed by atoms with Gasteiger partial charge < -0.3 is 0 Å². The van der Waals surface area contributed by atoms with Crippen LogP contribution in [0.4, 0.5) is 0 Å². The largest absolute Gasteiger partial charge is 0.131 e. The summed E-state index contributed by atoms with van der Waals surface area (Å²) in [5, 5.41) is 0. The van der Waals surface area contributed by atoms with Crippen molar-refractivity contribution in [2.75, 3.05) is 0 Å². The zero-order chi connectivity index (χ0) is 16.0. The van der Waals surface area contributed by atoms with Gasteiger partial charge in [-0.3, -0.25) is 0 Å². The molecule has 22 heavy (non-hydrogen) atoms. The lowest BCUT2D eigenvalue weighted by atomic mass is 9.44. The minimum atomic E-state index is -1.27. The summed E-state index contributed by atoms with van der Waals surface area (Å²) in [5.41, 5.74) is 4.41. The molecule has 0 radical (unpaired) electrons. The van der Waals surface area contributed by atoms with Crippen LogP contribution < -0.4 is 0 Å². The Labute approximate surface area is 140 Å². The molecule has 0 aromatic carbocycles. The van der Waals surface area contributed by atoms with Crippen LogP contribution in [-0.2, 0) is 0 Å². The fourth-order valence-corrected chi connectivity index (χ4v) is 6.47. The van der Waals surface area contributed by atoms with E-state index in [0.29, 0.717) is 10.8 Å². The zero-order valence-electron chi connectivity index (χ0n) is 15.2. The Morgan fingerprint density at radius 3 is 2.00 bits per heavy atom. The molecule has 4 bridgehead atoms. The highest BCUT2D eigenvalue weighted by Crippen LogP contribution is 2.64. The predicted octanol–water partition coefficient (Wildman–Crippen LogP) is 4.94. The second kappa shape index (κ2) is 5.57. The summed E-state index contributed by atoms with van der Waals surface area (Å²) >= 11 is 0. The molecule has 4 saturated carbocycles. The van der Waals surface area contributed by atoms with Crippen LogP contribution in [0.15, 0.2) is 0 Å². The van der Waals surface area contributed by atoms with Gasteiger partial charge in [-0.15, -0.1) is 17.4 Å². The summed E-state index contributed by atoms with van der Waals surface area (Å²) in [4.78, 5) is 0. The van der Waals surface area contributed by atoms with Crippen molar-refractivity contribution >= 4 is 16.9 Å². The van der Waals surface area contributed by atoms with Gasteiger partial charge in [-0.2, -0.15) is 0 Å². The van der Waals surface area contributed by atoms with Gasteiger partial charge in [0.1, 0.15) is 8.07 Å². The first-order valence-electron chi connectivity index (χ1n) is 9.24. The number of rotatable bonds is 1. The molecule has 0 aromatic heterocycles. The molecular weight excluding hydrogens is 296 g/mol. The summed E-state index contributed by atoms with van der Waals surface area (Å²) in [6, 6.07) is 1.20. The van der Waals surface area contributed by atoms with Gasteiger partial charge >= 0.3 is 0 Å². The molecule has 2 atom stereocenters. The van der Waals surface area contributed by atoms with E-state index in [1.807, 2.05) is 0 Å². The molecule has 4 aliphatic rings. The molecule has 0 aromatic rings. The molecule has 0 aliphatic heterocycles. The van der Waals surface area contributed by atoms with Crippen molar-refractivity contribution in [2.45, 2.75) is 77.3 Å². The number of hydrogen-bond acceptors (Lipinski definition) is 0. The third kappa shape index (κ3) is 3.55. The maximum absolute atomic E-state index is 3.84. The van der Waals surface area contributed by atoms with E-state index in [1.54, 1.807) is 0 Å². The van der Waals surface area contributed by atoms with Gasteiger partial charge in [0, 0.05) is 25.7 Å². The Bertz CT molecular complexity index is 544. The Kier molecular flexibility index (Phi) is 4.16. The molecule has 2 heteroatoms. The van der Waals surface area contributed by atoms with E-state index in [-0.39, 0.29) is 0 Å². The van der Waals surface area contributed by atoms with Crippen LogP contribution >= 0.6 is 0 Å². The molecule has 2 unspecified atom stereocenters. The smallest absolute Gasteiger partial charge is 0.129 e. The van der Waals surface area contributed by atoms with E-state index in [0.717, 1.165) is 11.8 Å². The van der Waals surface area contributed by atoms with Gasteiger partial charge in [0.15, 0.2) is 0 Å². The van der Waals surface area contributed by atoms with Gasteiger partial charge in [0.25, 0.3) is 0 Å². The first kappa shape index (κ1) is 16.4. The first-order chi connectivity index (χ1) is 10.2. The van der Waals surface area contributed by atoms with Crippen molar-refractivity contribution in [1.29, 1.82) is 0 Å². The van der Waals surface area contributed by atoms with Crippen LogP contribution in [0.1, 0.15) is 38.5 Å². The van der Waals surface area contributed by atoms with Gasteiger partial charge in [-0.25, -0.2) is 0 Å². The Morgan fingerprint density at radius 1 is 0.955 bits per heavy atom. The zero-order valence-corrected chi connectivity index (χ0v) is 17.3. The monoisotopic (exact) mass is 328 g/mol. The highest BCUT2D eigenvalue weighted by atomic mass is 28.3. The average molecular weight is 329 g/mol. The molecule has 0 heterocycles. The molecule has 0 amide bonds. The molecule has 0 spiro atoms. The topological polar surface area (TPSA) is 0 Å². The molecule has 0 N–H and O–H groups in total. The maximum atomic E-state index is 3.84. The molecule has 120 valence electrons. The lowest BCUT2D eigenvalue weighted by molar-refractivity contribution is -0.0523. The predicted molar refractivity (Wildman–Crippen MR) is 102 cm³/mol. The van der Waals surface area contributed by atoms with Gasteiger partial charge in [0.05, 0.1) is 0 Å². The van der Waals surface area contributed by atoms with Crippen LogP contribution in [0.5, 0.6) is 0 Å². The molecule has 0 saturated heterocycles. The van der Waals surface area contributed by atoms with Crippen LogP contribution in [0, 0.1) is 46.0 Å². The van der Waals surface area contributed by atoms with Gasteiger partial charge in [-0.1, -0.05) is 38.7 Å². The van der Waals surface area contributed by atoms with Gasteiger partial charge in [-0.05, 0) is 50.4 Å². The van der Waals surface area contributed by atoms with E-state index in [4.69, 9.17) is 0 Å². The lowest BCUT2D eigenvalue weighted by Crippen LogP contribution is -2.51. The fraction of sp³-hybridized carbons (Fsp3) is 0.800. The fourth-order valence-electron chi connectivity index (χ4n) is 5.32. The second-order valence-electron chi connectivity index (χ2n) is 9.92. The van der Waals surface area contributed by atoms with Crippen molar-refractivity contribution in [1.82, 2.24) is 0 Å². The molecular formula is C20H32Si2. The summed E-state index contributed by atoms with van der Waals surface area (Å²) < 4.78 is 0. The van der Waals surface area contributed by atoms with Crippen molar-refractivity contribution in [3.05, 3.63) is 0 Å². The minimum Gasteiger partial charge on any atom is -0.131 e. The lowest BCUT2D eigenvalue weighted by Gasteiger charge is -2.59. The summed E-state index contributed by atoms with van der Waals surface area (Å²) in [6.45, 7) is 12.0. The van der Waals surface area contributed by atoms with Crippen molar-refractivity contribution in [3.8, 4) is 23.3 Å². The SMILES string of the molecule is C[SiH](C)CC#CC12CC3CC(C1)CC(C#C[Si](C)(C)C)(C3)C2. The highest BCUT2D eigenvalue weighted by molar-refractivity contribution is 6.83. The average Bonchev–Trinajstić information content (AvgIpc) is 2.33. The van der Waals surface area contributed by atoms with Crippen molar-refractivity contribution in [3.63, 3.8) is 0 Å². The third-order valence-corrected chi connectivity index (χ3v) is 7.52. The van der Waals surface area contributed by atoms with Crippen molar-refractivity contribution < 1.29 is 0 Å². The Hall–Kier alpha value is -0.446. The standard InChI is InChI=1S/C20H32Si2/c1-21(2)9-6-7-19-12-17-11-18(13-19)15-20(14-17,16-19)8-10-22(3,4)5/h17-18,21H,9,11-16H2,1-5H3. The van der Waals surface area contributed by atoms with Crippen LogP contribution in [0.3, 0.4) is 0 Å². The summed E-state index contributed by atoms with van der Waals surface area (Å²) in [7, 11) is -1.80. The van der Waals surface area contributed by atoms with E-state index < -0.39 is 16.9 Å². The number of hydrogen-bond donors (Lipinski definition) is 0. The summed E-state index contributed by atoms with van der Waals surface area (Å²) in [5.74, 6) is 13.1. The van der Waals surface area contributed by atoms with Crippen LogP contribution in [-0.4, -0.2) is 16.9 Å². The Morgan fingerprint density at radius 2 is 1.50 bits per heavy atom.